The topological polar surface area (TPSA) is 61.4 Å². The number of hydrogen-bond acceptors (Lipinski definition) is 2. The maximum Gasteiger partial charge on any atom is 0.411 e. The van der Waals surface area contributed by atoms with E-state index in [9.17, 15) is 22.8 Å². The molecule has 0 spiro atoms. The van der Waals surface area contributed by atoms with Crippen LogP contribution in [0.3, 0.4) is 0 Å². The molecule has 3 rings (SSSR count). The highest BCUT2D eigenvalue weighted by atomic mass is 19.4. The Morgan fingerprint density at radius 1 is 1.25 bits per heavy atom. The summed E-state index contributed by atoms with van der Waals surface area (Å²) in [6.07, 6.45) is -4.33. The third kappa shape index (κ3) is 2.92. The van der Waals surface area contributed by atoms with Crippen molar-refractivity contribution in [2.24, 2.45) is 0 Å². The number of alkyl halides is 3. The van der Waals surface area contributed by atoms with Crippen LogP contribution in [0.25, 0.3) is 0 Å². The zero-order valence-electron chi connectivity index (χ0n) is 12.9. The number of carbonyl (C=O) groups is 2. The first-order valence-corrected chi connectivity index (χ1v) is 7.80. The average Bonchev–Trinajstić information content (AvgIpc) is 2.50. The van der Waals surface area contributed by atoms with E-state index in [0.29, 0.717) is 6.42 Å². The van der Waals surface area contributed by atoms with Crippen molar-refractivity contribution in [1.29, 1.82) is 0 Å². The summed E-state index contributed by atoms with van der Waals surface area (Å²) in [5, 5.41) is 4.80. The van der Waals surface area contributed by atoms with Gasteiger partial charge in [0, 0.05) is 6.54 Å². The Morgan fingerprint density at radius 2 is 1.92 bits per heavy atom. The number of nitrogens with zero attached hydrogens (tertiary/aromatic N) is 1. The maximum absolute atomic E-state index is 13.3. The van der Waals surface area contributed by atoms with Crippen LogP contribution in [-0.4, -0.2) is 41.6 Å². The van der Waals surface area contributed by atoms with Gasteiger partial charge in [0.15, 0.2) is 0 Å². The first kappa shape index (κ1) is 16.6. The lowest BCUT2D eigenvalue weighted by molar-refractivity contribution is -0.215. The molecule has 24 heavy (non-hydrogen) atoms. The van der Waals surface area contributed by atoms with Gasteiger partial charge in [-0.1, -0.05) is 30.3 Å². The SMILES string of the molecule is O=C1CN(C(=O)NC2(C(F)(F)F)CCC2)C(c2ccccc2)CN1. The highest BCUT2D eigenvalue weighted by Crippen LogP contribution is 2.45. The molecule has 2 aliphatic rings. The number of hydrogen-bond donors (Lipinski definition) is 2. The number of rotatable bonds is 2. The predicted octanol–water partition coefficient (Wildman–Crippen LogP) is 2.35. The Morgan fingerprint density at radius 3 is 2.46 bits per heavy atom. The number of benzene rings is 1. The predicted molar refractivity (Wildman–Crippen MR) is 80.1 cm³/mol. The van der Waals surface area contributed by atoms with Crippen molar-refractivity contribution in [2.75, 3.05) is 13.1 Å². The number of piperazine rings is 1. The summed E-state index contributed by atoms with van der Waals surface area (Å²) in [6, 6.07) is 7.60. The van der Waals surface area contributed by atoms with Gasteiger partial charge in [-0.2, -0.15) is 13.2 Å². The molecule has 3 amide bonds. The number of amides is 3. The van der Waals surface area contributed by atoms with E-state index in [4.69, 9.17) is 0 Å². The lowest BCUT2D eigenvalue weighted by atomic mass is 9.76. The monoisotopic (exact) mass is 341 g/mol. The summed E-state index contributed by atoms with van der Waals surface area (Å²) in [5.41, 5.74) is -1.40. The molecular weight excluding hydrogens is 323 g/mol. The molecule has 2 fully saturated rings. The molecule has 1 aliphatic heterocycles. The van der Waals surface area contributed by atoms with E-state index in [0.717, 1.165) is 5.56 Å². The Balaban J connectivity index is 1.81. The van der Waals surface area contributed by atoms with Gasteiger partial charge in [-0.3, -0.25) is 4.79 Å². The Kier molecular flexibility index (Phi) is 4.15. The fourth-order valence-corrected chi connectivity index (χ4v) is 3.11. The lowest BCUT2D eigenvalue weighted by Gasteiger charge is -2.45. The fourth-order valence-electron chi connectivity index (χ4n) is 3.11. The van der Waals surface area contributed by atoms with Crippen LogP contribution in [0.1, 0.15) is 30.9 Å². The average molecular weight is 341 g/mol. The number of halogens is 3. The van der Waals surface area contributed by atoms with Crippen molar-refractivity contribution in [3.8, 4) is 0 Å². The van der Waals surface area contributed by atoms with Crippen molar-refractivity contribution < 1.29 is 22.8 Å². The molecule has 0 radical (unpaired) electrons. The van der Waals surface area contributed by atoms with Gasteiger partial charge in [0.1, 0.15) is 12.1 Å². The van der Waals surface area contributed by atoms with E-state index < -0.39 is 23.8 Å². The van der Waals surface area contributed by atoms with Crippen molar-refractivity contribution in [3.05, 3.63) is 35.9 Å². The fraction of sp³-hybridized carbons (Fsp3) is 0.500. The summed E-state index contributed by atoms with van der Waals surface area (Å²) in [7, 11) is 0. The van der Waals surface area contributed by atoms with Crippen molar-refractivity contribution >= 4 is 11.9 Å². The molecule has 1 unspecified atom stereocenters. The minimum absolute atomic E-state index is 0.127. The summed E-state index contributed by atoms with van der Waals surface area (Å²) in [6.45, 7) is -0.0887. The van der Waals surface area contributed by atoms with E-state index >= 15 is 0 Å². The van der Waals surface area contributed by atoms with Gasteiger partial charge in [-0.05, 0) is 24.8 Å². The molecule has 5 nitrogen and oxygen atoms in total. The third-order valence-electron chi connectivity index (χ3n) is 4.72. The minimum atomic E-state index is -4.50. The molecule has 1 aromatic rings. The van der Waals surface area contributed by atoms with Crippen LogP contribution in [0.15, 0.2) is 30.3 Å². The molecule has 1 atom stereocenters. The standard InChI is InChI=1S/C16H18F3N3O2/c17-16(18,19)15(7-4-8-15)21-14(24)22-10-13(23)20-9-12(22)11-5-2-1-3-6-11/h1-3,5-6,12H,4,7-10H2,(H,20,23)(H,21,24). The van der Waals surface area contributed by atoms with Gasteiger partial charge < -0.3 is 15.5 Å². The zero-order valence-corrected chi connectivity index (χ0v) is 12.9. The van der Waals surface area contributed by atoms with Gasteiger partial charge in [0.2, 0.25) is 5.91 Å². The molecule has 0 aromatic heterocycles. The van der Waals surface area contributed by atoms with Crippen LogP contribution in [0.5, 0.6) is 0 Å². The second-order valence-electron chi connectivity index (χ2n) is 6.22. The number of carbonyl (C=O) groups excluding carboxylic acids is 2. The second-order valence-corrected chi connectivity index (χ2v) is 6.22. The van der Waals surface area contributed by atoms with Crippen molar-refractivity contribution in [1.82, 2.24) is 15.5 Å². The van der Waals surface area contributed by atoms with E-state index in [1.807, 2.05) is 6.07 Å². The Bertz CT molecular complexity index is 629. The molecule has 130 valence electrons. The second kappa shape index (κ2) is 5.99. The number of nitrogens with one attached hydrogen (secondary N) is 2. The summed E-state index contributed by atoms with van der Waals surface area (Å²) >= 11 is 0. The van der Waals surface area contributed by atoms with Crippen LogP contribution in [0.2, 0.25) is 0 Å². The maximum atomic E-state index is 13.3. The molecule has 1 saturated heterocycles. The molecule has 1 heterocycles. The van der Waals surface area contributed by atoms with Crippen molar-refractivity contribution in [3.63, 3.8) is 0 Å². The normalized spacial score (nSPS) is 23.2. The van der Waals surface area contributed by atoms with Crippen LogP contribution in [0.4, 0.5) is 18.0 Å². The highest BCUT2D eigenvalue weighted by Gasteiger charge is 2.59. The van der Waals surface area contributed by atoms with Crippen LogP contribution in [0, 0.1) is 0 Å². The van der Waals surface area contributed by atoms with E-state index in [2.05, 4.69) is 10.6 Å². The molecule has 8 heteroatoms. The smallest absolute Gasteiger partial charge is 0.352 e. The minimum Gasteiger partial charge on any atom is -0.352 e. The van der Waals surface area contributed by atoms with Crippen LogP contribution >= 0.6 is 0 Å². The van der Waals surface area contributed by atoms with Crippen LogP contribution < -0.4 is 10.6 Å². The summed E-state index contributed by atoms with van der Waals surface area (Å²) in [5.74, 6) is -0.382. The Hall–Kier alpha value is -2.25. The van der Waals surface area contributed by atoms with E-state index in [1.54, 1.807) is 24.3 Å². The third-order valence-corrected chi connectivity index (χ3v) is 4.72. The largest absolute Gasteiger partial charge is 0.411 e. The number of urea groups is 1. The van der Waals surface area contributed by atoms with Gasteiger partial charge in [0.25, 0.3) is 0 Å². The van der Waals surface area contributed by atoms with Gasteiger partial charge >= 0.3 is 12.2 Å². The molecule has 0 bridgehead atoms. The quantitative estimate of drug-likeness (QED) is 0.867. The zero-order chi connectivity index (χ0) is 17.4. The lowest BCUT2D eigenvalue weighted by Crippen LogP contribution is -2.66. The molecule has 1 aliphatic carbocycles. The van der Waals surface area contributed by atoms with Crippen LogP contribution in [-0.2, 0) is 4.79 Å². The van der Waals surface area contributed by atoms with E-state index in [1.165, 1.54) is 4.90 Å². The molecule has 2 N–H and O–H groups in total. The first-order valence-electron chi connectivity index (χ1n) is 7.80. The summed E-state index contributed by atoms with van der Waals surface area (Å²) in [4.78, 5) is 25.3. The van der Waals surface area contributed by atoms with Crippen molar-refractivity contribution in [2.45, 2.75) is 37.0 Å². The molecular formula is C16H18F3N3O2. The first-order chi connectivity index (χ1) is 11.3. The molecule has 1 saturated carbocycles. The van der Waals surface area contributed by atoms with Gasteiger partial charge in [-0.25, -0.2) is 4.79 Å². The summed E-state index contributed by atoms with van der Waals surface area (Å²) < 4.78 is 39.8. The Labute approximate surface area is 137 Å². The van der Waals surface area contributed by atoms with Gasteiger partial charge in [0.05, 0.1) is 6.04 Å². The van der Waals surface area contributed by atoms with Gasteiger partial charge in [-0.15, -0.1) is 0 Å². The molecule has 1 aromatic carbocycles. The van der Waals surface area contributed by atoms with E-state index in [-0.39, 0.29) is 31.8 Å². The highest BCUT2D eigenvalue weighted by molar-refractivity contribution is 5.86.